The molecule has 7 heteroatoms. The lowest BCUT2D eigenvalue weighted by Gasteiger charge is -2.18. The molecular formula is C21H38N4O3. The molecule has 0 atom stereocenters. The maximum atomic E-state index is 5.73. The highest BCUT2D eigenvalue weighted by Gasteiger charge is 2.01. The van der Waals surface area contributed by atoms with E-state index in [1.807, 2.05) is 24.3 Å². The number of ether oxygens (including phenoxy) is 3. The van der Waals surface area contributed by atoms with Crippen LogP contribution in [-0.2, 0) is 16.1 Å². The summed E-state index contributed by atoms with van der Waals surface area (Å²) in [5.74, 6) is 1.73. The van der Waals surface area contributed by atoms with Crippen molar-refractivity contribution < 1.29 is 14.2 Å². The lowest BCUT2D eigenvalue weighted by molar-refractivity contribution is 0.120. The molecule has 0 radical (unpaired) electrons. The van der Waals surface area contributed by atoms with Gasteiger partial charge in [-0.25, -0.2) is 0 Å². The molecule has 0 saturated heterocycles. The van der Waals surface area contributed by atoms with Crippen LogP contribution in [0.3, 0.4) is 0 Å². The highest BCUT2D eigenvalue weighted by Crippen LogP contribution is 2.11. The molecule has 1 rings (SSSR count). The summed E-state index contributed by atoms with van der Waals surface area (Å²) >= 11 is 0. The van der Waals surface area contributed by atoms with Gasteiger partial charge in [0.25, 0.3) is 0 Å². The normalized spacial score (nSPS) is 11.7. The van der Waals surface area contributed by atoms with Gasteiger partial charge in [0.15, 0.2) is 5.96 Å². The number of guanidine groups is 1. The Balaban J connectivity index is 2.17. The SMILES string of the molecule is CCNC(=NCCCOCc1ccc(OC)cc1)NCCN(C)CCCOC. The minimum Gasteiger partial charge on any atom is -0.497 e. The third kappa shape index (κ3) is 11.8. The summed E-state index contributed by atoms with van der Waals surface area (Å²) in [6.07, 6.45) is 1.95. The third-order valence-electron chi connectivity index (χ3n) is 4.16. The summed E-state index contributed by atoms with van der Waals surface area (Å²) in [6.45, 7) is 8.65. The lowest BCUT2D eigenvalue weighted by atomic mass is 10.2. The number of methoxy groups -OCH3 is 2. The summed E-state index contributed by atoms with van der Waals surface area (Å²) in [4.78, 5) is 6.91. The van der Waals surface area contributed by atoms with Crippen molar-refractivity contribution in [1.82, 2.24) is 15.5 Å². The van der Waals surface area contributed by atoms with Crippen LogP contribution in [-0.4, -0.2) is 78.1 Å². The van der Waals surface area contributed by atoms with Gasteiger partial charge in [-0.05, 0) is 44.5 Å². The van der Waals surface area contributed by atoms with Crippen LogP contribution in [0.1, 0.15) is 25.3 Å². The molecule has 0 aromatic heterocycles. The molecule has 0 saturated carbocycles. The molecule has 0 spiro atoms. The Hall–Kier alpha value is -1.83. The van der Waals surface area contributed by atoms with Gasteiger partial charge < -0.3 is 29.7 Å². The number of rotatable bonds is 15. The van der Waals surface area contributed by atoms with E-state index >= 15 is 0 Å². The number of hydrogen-bond donors (Lipinski definition) is 2. The van der Waals surface area contributed by atoms with Gasteiger partial charge >= 0.3 is 0 Å². The van der Waals surface area contributed by atoms with Gasteiger partial charge in [-0.1, -0.05) is 12.1 Å². The van der Waals surface area contributed by atoms with Crippen LogP contribution >= 0.6 is 0 Å². The average Bonchev–Trinajstić information content (AvgIpc) is 2.71. The fraction of sp³-hybridized carbons (Fsp3) is 0.667. The van der Waals surface area contributed by atoms with Crippen molar-refractivity contribution in [3.8, 4) is 5.75 Å². The maximum absolute atomic E-state index is 5.73. The van der Waals surface area contributed by atoms with Crippen LogP contribution < -0.4 is 15.4 Å². The quantitative estimate of drug-likeness (QED) is 0.270. The summed E-state index contributed by atoms with van der Waals surface area (Å²) in [6, 6.07) is 7.95. The molecule has 0 unspecified atom stereocenters. The molecule has 0 heterocycles. The molecule has 28 heavy (non-hydrogen) atoms. The van der Waals surface area contributed by atoms with Crippen LogP contribution in [0.5, 0.6) is 5.75 Å². The van der Waals surface area contributed by atoms with E-state index in [0.717, 1.165) is 69.4 Å². The van der Waals surface area contributed by atoms with Crippen LogP contribution in [0.4, 0.5) is 0 Å². The zero-order valence-electron chi connectivity index (χ0n) is 18.0. The van der Waals surface area contributed by atoms with E-state index in [4.69, 9.17) is 14.2 Å². The first-order valence-electron chi connectivity index (χ1n) is 10.1. The number of hydrogen-bond acceptors (Lipinski definition) is 5. The maximum Gasteiger partial charge on any atom is 0.191 e. The predicted molar refractivity (Wildman–Crippen MR) is 115 cm³/mol. The Kier molecular flexibility index (Phi) is 14.0. The van der Waals surface area contributed by atoms with E-state index in [2.05, 4.69) is 34.5 Å². The van der Waals surface area contributed by atoms with Gasteiger partial charge in [-0.15, -0.1) is 0 Å². The van der Waals surface area contributed by atoms with Crippen LogP contribution in [0.25, 0.3) is 0 Å². The number of nitrogens with zero attached hydrogens (tertiary/aromatic N) is 2. The first-order valence-corrected chi connectivity index (χ1v) is 10.1. The van der Waals surface area contributed by atoms with Crippen molar-refractivity contribution >= 4 is 5.96 Å². The number of likely N-dealkylation sites (N-methyl/N-ethyl adjacent to an activating group) is 1. The van der Waals surface area contributed by atoms with Crippen molar-refractivity contribution in [1.29, 1.82) is 0 Å². The van der Waals surface area contributed by atoms with E-state index in [-0.39, 0.29) is 0 Å². The number of aliphatic imine (C=N–C) groups is 1. The van der Waals surface area contributed by atoms with E-state index in [1.165, 1.54) is 0 Å². The van der Waals surface area contributed by atoms with Crippen molar-refractivity contribution in [3.05, 3.63) is 29.8 Å². The summed E-state index contributed by atoms with van der Waals surface area (Å²) < 4.78 is 16.0. The minimum absolute atomic E-state index is 0.613. The smallest absolute Gasteiger partial charge is 0.191 e. The second-order valence-corrected chi connectivity index (χ2v) is 6.59. The van der Waals surface area contributed by atoms with Gasteiger partial charge in [0.1, 0.15) is 5.75 Å². The summed E-state index contributed by atoms with van der Waals surface area (Å²) in [5, 5.41) is 6.67. The molecule has 0 aliphatic heterocycles. The van der Waals surface area contributed by atoms with Gasteiger partial charge in [0.2, 0.25) is 0 Å². The Labute approximate surface area is 170 Å². The Morgan fingerprint density at radius 1 is 1.04 bits per heavy atom. The first kappa shape index (κ1) is 24.2. The average molecular weight is 395 g/mol. The number of nitrogens with one attached hydrogen (secondary N) is 2. The van der Waals surface area contributed by atoms with E-state index < -0.39 is 0 Å². The number of benzene rings is 1. The second kappa shape index (κ2) is 16.2. The fourth-order valence-corrected chi connectivity index (χ4v) is 2.57. The fourth-order valence-electron chi connectivity index (χ4n) is 2.57. The van der Waals surface area contributed by atoms with Gasteiger partial charge in [0, 0.05) is 53.0 Å². The highest BCUT2D eigenvalue weighted by molar-refractivity contribution is 5.79. The van der Waals surface area contributed by atoms with Gasteiger partial charge in [-0.2, -0.15) is 0 Å². The molecule has 1 aromatic rings. The standard InChI is InChI=1S/C21H38N4O3/c1-5-22-21(24-13-15-25(2)14-7-16-26-3)23-12-6-17-28-18-19-8-10-20(27-4)11-9-19/h8-11H,5-7,12-18H2,1-4H3,(H2,22,23,24). The molecule has 7 nitrogen and oxygen atoms in total. The van der Waals surface area contributed by atoms with Crippen molar-refractivity contribution in [2.45, 2.75) is 26.4 Å². The molecule has 0 bridgehead atoms. The molecule has 0 aliphatic rings. The lowest BCUT2D eigenvalue weighted by Crippen LogP contribution is -2.41. The summed E-state index contributed by atoms with van der Waals surface area (Å²) in [7, 11) is 5.54. The zero-order valence-corrected chi connectivity index (χ0v) is 18.0. The Morgan fingerprint density at radius 3 is 2.50 bits per heavy atom. The highest BCUT2D eigenvalue weighted by atomic mass is 16.5. The largest absolute Gasteiger partial charge is 0.497 e. The molecule has 0 amide bonds. The van der Waals surface area contributed by atoms with Crippen molar-refractivity contribution in [2.24, 2.45) is 4.99 Å². The molecule has 1 aromatic carbocycles. The molecular weight excluding hydrogens is 356 g/mol. The predicted octanol–water partition coefficient (Wildman–Crippen LogP) is 2.13. The van der Waals surface area contributed by atoms with Crippen molar-refractivity contribution in [3.63, 3.8) is 0 Å². The molecule has 2 N–H and O–H groups in total. The molecule has 0 fully saturated rings. The monoisotopic (exact) mass is 394 g/mol. The Morgan fingerprint density at radius 2 is 1.82 bits per heavy atom. The summed E-state index contributed by atoms with van der Waals surface area (Å²) in [5.41, 5.74) is 1.15. The Bertz CT molecular complexity index is 523. The zero-order chi connectivity index (χ0) is 20.5. The van der Waals surface area contributed by atoms with E-state index in [1.54, 1.807) is 14.2 Å². The molecule has 0 aliphatic carbocycles. The van der Waals surface area contributed by atoms with Crippen LogP contribution in [0.15, 0.2) is 29.3 Å². The van der Waals surface area contributed by atoms with Crippen molar-refractivity contribution in [2.75, 3.05) is 67.2 Å². The van der Waals surface area contributed by atoms with Crippen LogP contribution in [0, 0.1) is 0 Å². The van der Waals surface area contributed by atoms with E-state index in [9.17, 15) is 0 Å². The van der Waals surface area contributed by atoms with Gasteiger partial charge in [0.05, 0.1) is 13.7 Å². The minimum atomic E-state index is 0.613. The van der Waals surface area contributed by atoms with Crippen LogP contribution in [0.2, 0.25) is 0 Å². The first-order chi connectivity index (χ1) is 13.7. The topological polar surface area (TPSA) is 67.4 Å². The van der Waals surface area contributed by atoms with E-state index in [0.29, 0.717) is 13.2 Å². The van der Waals surface area contributed by atoms with Gasteiger partial charge in [-0.3, -0.25) is 4.99 Å². The molecule has 160 valence electrons. The third-order valence-corrected chi connectivity index (χ3v) is 4.16. The second-order valence-electron chi connectivity index (χ2n) is 6.59.